The van der Waals surface area contributed by atoms with Crippen molar-refractivity contribution in [2.24, 2.45) is 0 Å². The summed E-state index contributed by atoms with van der Waals surface area (Å²) >= 11 is 0. The molecule has 0 heterocycles. The van der Waals surface area contributed by atoms with Gasteiger partial charge in [0.2, 0.25) is 5.91 Å². The van der Waals surface area contributed by atoms with E-state index in [1.54, 1.807) is 0 Å². The molecule has 0 spiro atoms. The molecule has 1 atom stereocenters. The van der Waals surface area contributed by atoms with Crippen LogP contribution in [0.5, 0.6) is 0 Å². The van der Waals surface area contributed by atoms with Crippen LogP contribution in [0.25, 0.3) is 0 Å². The molecule has 2 rings (SSSR count). The van der Waals surface area contributed by atoms with Gasteiger partial charge in [-0.3, -0.25) is 4.79 Å². The predicted molar refractivity (Wildman–Crippen MR) is 74.3 cm³/mol. The van der Waals surface area contributed by atoms with Gasteiger partial charge in [-0.1, -0.05) is 48.9 Å². The molecule has 1 amide bonds. The van der Waals surface area contributed by atoms with E-state index in [0.29, 0.717) is 6.42 Å². The van der Waals surface area contributed by atoms with E-state index in [2.05, 4.69) is 30.4 Å². The number of nitrogens with one attached hydrogen (secondary N) is 1. The van der Waals surface area contributed by atoms with E-state index in [1.165, 1.54) is 24.0 Å². The zero-order chi connectivity index (χ0) is 12.8. The summed E-state index contributed by atoms with van der Waals surface area (Å²) in [6.07, 6.45) is 7.02. The molecule has 1 unspecified atom stereocenters. The summed E-state index contributed by atoms with van der Waals surface area (Å²) in [5, 5.41) is 3.09. The first-order valence-electron chi connectivity index (χ1n) is 6.81. The molecule has 0 radical (unpaired) electrons. The van der Waals surface area contributed by atoms with E-state index in [1.807, 2.05) is 18.2 Å². The Morgan fingerprint density at radius 2 is 2.06 bits per heavy atom. The topological polar surface area (TPSA) is 29.1 Å². The second kappa shape index (κ2) is 6.39. The lowest BCUT2D eigenvalue weighted by Crippen LogP contribution is -2.33. The van der Waals surface area contributed by atoms with E-state index in [4.69, 9.17) is 0 Å². The molecule has 0 aromatic heterocycles. The summed E-state index contributed by atoms with van der Waals surface area (Å²) in [6.45, 7) is 2.11. The van der Waals surface area contributed by atoms with Gasteiger partial charge in [-0.05, 0) is 31.2 Å². The lowest BCUT2D eigenvalue weighted by atomic mass is 10.1. The second-order valence-corrected chi connectivity index (χ2v) is 4.89. The summed E-state index contributed by atoms with van der Waals surface area (Å²) in [5.74, 6) is 0.156. The first-order chi connectivity index (χ1) is 8.78. The van der Waals surface area contributed by atoms with Crippen molar-refractivity contribution in [1.29, 1.82) is 0 Å². The largest absolute Gasteiger partial charge is 0.350 e. The minimum Gasteiger partial charge on any atom is -0.350 e. The minimum absolute atomic E-state index is 0.156. The van der Waals surface area contributed by atoms with Crippen LogP contribution in [0.2, 0.25) is 0 Å². The quantitative estimate of drug-likeness (QED) is 0.764. The predicted octanol–water partition coefficient (Wildman–Crippen LogP) is 3.23. The van der Waals surface area contributed by atoms with Gasteiger partial charge in [0.1, 0.15) is 0 Å². The molecule has 1 N–H and O–H groups in total. The van der Waals surface area contributed by atoms with Crippen LogP contribution in [-0.4, -0.2) is 11.9 Å². The molecule has 0 saturated heterocycles. The fourth-order valence-corrected chi connectivity index (χ4v) is 1.97. The normalized spacial score (nSPS) is 15.1. The van der Waals surface area contributed by atoms with Gasteiger partial charge in [0, 0.05) is 12.5 Å². The summed E-state index contributed by atoms with van der Waals surface area (Å²) < 4.78 is 0. The first kappa shape index (κ1) is 12.9. The van der Waals surface area contributed by atoms with Gasteiger partial charge in [0.25, 0.3) is 0 Å². The standard InChI is InChI=1S/C16H21NO/c1-2-15(12-14-8-9-14)17-16(18)11-10-13-6-4-3-5-7-13/h3-7,12,15H,2,8-11H2,1H3,(H,17,18). The highest BCUT2D eigenvalue weighted by Gasteiger charge is 2.15. The maximum Gasteiger partial charge on any atom is 0.220 e. The molecule has 1 aromatic rings. The van der Waals surface area contributed by atoms with Crippen LogP contribution < -0.4 is 5.32 Å². The SMILES string of the molecule is CCC(C=C1CC1)NC(=O)CCc1ccccc1. The highest BCUT2D eigenvalue weighted by Crippen LogP contribution is 2.28. The summed E-state index contributed by atoms with van der Waals surface area (Å²) in [5.41, 5.74) is 2.71. The maximum atomic E-state index is 11.8. The van der Waals surface area contributed by atoms with Crippen molar-refractivity contribution < 1.29 is 4.79 Å². The summed E-state index contributed by atoms with van der Waals surface area (Å²) in [6, 6.07) is 10.4. The van der Waals surface area contributed by atoms with Gasteiger partial charge >= 0.3 is 0 Å². The second-order valence-electron chi connectivity index (χ2n) is 4.89. The summed E-state index contributed by atoms with van der Waals surface area (Å²) in [7, 11) is 0. The number of carbonyl (C=O) groups is 1. The molecule has 1 fully saturated rings. The van der Waals surface area contributed by atoms with E-state index in [0.717, 1.165) is 12.8 Å². The molecular weight excluding hydrogens is 222 g/mol. The molecule has 1 aliphatic carbocycles. The molecule has 0 aliphatic heterocycles. The Morgan fingerprint density at radius 3 is 2.67 bits per heavy atom. The lowest BCUT2D eigenvalue weighted by Gasteiger charge is -2.12. The van der Waals surface area contributed by atoms with E-state index in [9.17, 15) is 4.79 Å². The Labute approximate surface area is 109 Å². The Balaban J connectivity index is 1.76. The van der Waals surface area contributed by atoms with Crippen molar-refractivity contribution in [3.05, 3.63) is 47.5 Å². The average Bonchev–Trinajstić information content (AvgIpc) is 3.21. The highest BCUT2D eigenvalue weighted by atomic mass is 16.1. The molecule has 96 valence electrons. The fourth-order valence-electron chi connectivity index (χ4n) is 1.97. The zero-order valence-corrected chi connectivity index (χ0v) is 11.0. The first-order valence-corrected chi connectivity index (χ1v) is 6.81. The van der Waals surface area contributed by atoms with Crippen LogP contribution in [0.4, 0.5) is 0 Å². The number of aryl methyl sites for hydroxylation is 1. The molecule has 1 aromatic carbocycles. The number of hydrogen-bond donors (Lipinski definition) is 1. The third-order valence-corrected chi connectivity index (χ3v) is 3.25. The van der Waals surface area contributed by atoms with Crippen molar-refractivity contribution in [2.75, 3.05) is 0 Å². The van der Waals surface area contributed by atoms with E-state index in [-0.39, 0.29) is 11.9 Å². The van der Waals surface area contributed by atoms with Gasteiger partial charge < -0.3 is 5.32 Å². The number of hydrogen-bond acceptors (Lipinski definition) is 1. The van der Waals surface area contributed by atoms with Crippen molar-refractivity contribution in [2.45, 2.75) is 45.1 Å². The number of carbonyl (C=O) groups excluding carboxylic acids is 1. The Morgan fingerprint density at radius 1 is 1.33 bits per heavy atom. The monoisotopic (exact) mass is 243 g/mol. The van der Waals surface area contributed by atoms with Crippen molar-refractivity contribution >= 4 is 5.91 Å². The van der Waals surface area contributed by atoms with Crippen molar-refractivity contribution in [1.82, 2.24) is 5.32 Å². The van der Waals surface area contributed by atoms with Gasteiger partial charge in [-0.25, -0.2) is 0 Å². The van der Waals surface area contributed by atoms with Crippen LogP contribution in [0.15, 0.2) is 42.0 Å². The molecule has 2 nitrogen and oxygen atoms in total. The van der Waals surface area contributed by atoms with E-state index >= 15 is 0 Å². The molecule has 2 heteroatoms. The zero-order valence-electron chi connectivity index (χ0n) is 11.0. The van der Waals surface area contributed by atoms with Crippen molar-refractivity contribution in [3.8, 4) is 0 Å². The average molecular weight is 243 g/mol. The number of allylic oxidation sites excluding steroid dienone is 1. The lowest BCUT2D eigenvalue weighted by molar-refractivity contribution is -0.121. The third-order valence-electron chi connectivity index (χ3n) is 3.25. The maximum absolute atomic E-state index is 11.8. The van der Waals surface area contributed by atoms with Crippen LogP contribution >= 0.6 is 0 Å². The summed E-state index contributed by atoms with van der Waals surface area (Å²) in [4.78, 5) is 11.8. The minimum atomic E-state index is 0.156. The van der Waals surface area contributed by atoms with Gasteiger partial charge in [0.15, 0.2) is 0 Å². The molecule has 1 aliphatic rings. The van der Waals surface area contributed by atoms with Gasteiger partial charge in [-0.15, -0.1) is 0 Å². The molecule has 0 bridgehead atoms. The number of rotatable bonds is 6. The molecule has 1 saturated carbocycles. The smallest absolute Gasteiger partial charge is 0.220 e. The van der Waals surface area contributed by atoms with E-state index < -0.39 is 0 Å². The molecular formula is C16H21NO. The van der Waals surface area contributed by atoms with Crippen LogP contribution in [0.1, 0.15) is 38.2 Å². The third kappa shape index (κ3) is 4.36. The van der Waals surface area contributed by atoms with Crippen molar-refractivity contribution in [3.63, 3.8) is 0 Å². The Hall–Kier alpha value is -1.57. The fraction of sp³-hybridized carbons (Fsp3) is 0.438. The van der Waals surface area contributed by atoms with Crippen LogP contribution in [0, 0.1) is 0 Å². The number of amides is 1. The molecule has 18 heavy (non-hydrogen) atoms. The van der Waals surface area contributed by atoms with Crippen LogP contribution in [0.3, 0.4) is 0 Å². The number of benzene rings is 1. The Kier molecular flexibility index (Phi) is 4.57. The van der Waals surface area contributed by atoms with Gasteiger partial charge in [-0.2, -0.15) is 0 Å². The Bertz CT molecular complexity index is 416. The van der Waals surface area contributed by atoms with Gasteiger partial charge in [0.05, 0.1) is 0 Å². The van der Waals surface area contributed by atoms with Crippen LogP contribution in [-0.2, 0) is 11.2 Å². The highest BCUT2D eigenvalue weighted by molar-refractivity contribution is 5.76.